The zero-order valence-corrected chi connectivity index (χ0v) is 20.3. The number of rotatable bonds is 4. The van der Waals surface area contributed by atoms with Crippen molar-refractivity contribution in [2.24, 2.45) is 0 Å². The predicted molar refractivity (Wildman–Crippen MR) is 127 cm³/mol. The number of sulfonamides is 1. The van der Waals surface area contributed by atoms with Crippen LogP contribution in [-0.2, 0) is 10.0 Å². The molecule has 4 rings (SSSR count). The molecule has 2 aromatic rings. The highest BCUT2D eigenvalue weighted by atomic mass is 127. The maximum Gasteiger partial charge on any atom is 0.243 e. The summed E-state index contributed by atoms with van der Waals surface area (Å²) in [4.78, 5) is 16.4. The number of aryl methyl sites for hydroxylation is 1. The third-order valence-corrected chi connectivity index (χ3v) is 8.28. The maximum atomic E-state index is 13.0. The number of hydrogen-bond donors (Lipinski definition) is 0. The van der Waals surface area contributed by atoms with Gasteiger partial charge in [-0.1, -0.05) is 0 Å². The summed E-state index contributed by atoms with van der Waals surface area (Å²) in [5.41, 5.74) is 0. The Labute approximate surface area is 192 Å². The van der Waals surface area contributed by atoms with Gasteiger partial charge in [0.15, 0.2) is 0 Å². The Hall–Kier alpha value is -1.50. The molecule has 2 fully saturated rings. The number of nitrogens with zero attached hydrogens (tertiary/aromatic N) is 6. The summed E-state index contributed by atoms with van der Waals surface area (Å²) in [6, 6.07) is 9.06. The second kappa shape index (κ2) is 8.93. The molecule has 0 spiro atoms. The molecule has 1 aromatic heterocycles. The van der Waals surface area contributed by atoms with Crippen molar-refractivity contribution in [2.75, 3.05) is 69.2 Å². The smallest absolute Gasteiger partial charge is 0.243 e. The lowest BCUT2D eigenvalue weighted by Gasteiger charge is -2.36. The lowest BCUT2D eigenvalue weighted by molar-refractivity contribution is 0.312. The molecule has 0 saturated carbocycles. The van der Waals surface area contributed by atoms with Gasteiger partial charge in [-0.3, -0.25) is 0 Å². The van der Waals surface area contributed by atoms with E-state index in [0.717, 1.165) is 47.2 Å². The van der Waals surface area contributed by atoms with Gasteiger partial charge in [0.25, 0.3) is 0 Å². The van der Waals surface area contributed by atoms with Crippen LogP contribution in [-0.4, -0.2) is 87.0 Å². The molecular weight excluding hydrogens is 515 g/mol. The molecule has 30 heavy (non-hydrogen) atoms. The Morgan fingerprint density at radius 1 is 0.833 bits per heavy atom. The molecule has 0 unspecified atom stereocenters. The predicted octanol–water partition coefficient (Wildman–Crippen LogP) is 1.65. The average Bonchev–Trinajstić information content (AvgIpc) is 2.74. The minimum Gasteiger partial charge on any atom is -0.354 e. The molecule has 0 bridgehead atoms. The fourth-order valence-corrected chi connectivity index (χ4v) is 5.59. The van der Waals surface area contributed by atoms with Crippen LogP contribution in [0.1, 0.15) is 5.82 Å². The van der Waals surface area contributed by atoms with Crippen LogP contribution >= 0.6 is 22.6 Å². The molecule has 0 atom stereocenters. The largest absolute Gasteiger partial charge is 0.354 e. The van der Waals surface area contributed by atoms with E-state index in [1.165, 1.54) is 0 Å². The van der Waals surface area contributed by atoms with E-state index < -0.39 is 10.0 Å². The monoisotopic (exact) mass is 542 g/mol. The van der Waals surface area contributed by atoms with Gasteiger partial charge in [-0.05, 0) is 60.8 Å². The fourth-order valence-electron chi connectivity index (χ4n) is 3.81. The van der Waals surface area contributed by atoms with Gasteiger partial charge in [0.1, 0.15) is 17.5 Å². The Morgan fingerprint density at radius 3 is 1.87 bits per heavy atom. The van der Waals surface area contributed by atoms with E-state index in [1.807, 2.05) is 25.1 Å². The Balaban J connectivity index is 1.46. The molecule has 3 heterocycles. The van der Waals surface area contributed by atoms with Crippen LogP contribution in [0.25, 0.3) is 0 Å². The Bertz CT molecular complexity index is 985. The Morgan fingerprint density at radius 2 is 1.33 bits per heavy atom. The lowest BCUT2D eigenvalue weighted by Crippen LogP contribution is -2.49. The summed E-state index contributed by atoms with van der Waals surface area (Å²) in [5.74, 6) is 2.58. The highest BCUT2D eigenvalue weighted by Crippen LogP contribution is 2.24. The molecule has 10 heteroatoms. The number of aromatic nitrogens is 2. The zero-order chi connectivity index (χ0) is 21.3. The molecule has 0 N–H and O–H groups in total. The van der Waals surface area contributed by atoms with E-state index in [4.69, 9.17) is 0 Å². The van der Waals surface area contributed by atoms with Crippen LogP contribution in [0.3, 0.4) is 0 Å². The van der Waals surface area contributed by atoms with Gasteiger partial charge in [-0.2, -0.15) is 4.31 Å². The van der Waals surface area contributed by atoms with Gasteiger partial charge in [-0.25, -0.2) is 18.4 Å². The first-order valence-electron chi connectivity index (χ1n) is 10.1. The molecule has 8 nitrogen and oxygen atoms in total. The highest BCUT2D eigenvalue weighted by molar-refractivity contribution is 14.1. The van der Waals surface area contributed by atoms with E-state index in [1.54, 1.807) is 16.4 Å². The minimum absolute atomic E-state index is 0.353. The van der Waals surface area contributed by atoms with Crippen LogP contribution in [0.4, 0.5) is 11.6 Å². The van der Waals surface area contributed by atoms with Crippen molar-refractivity contribution in [3.63, 3.8) is 0 Å². The van der Waals surface area contributed by atoms with Crippen molar-refractivity contribution < 1.29 is 8.42 Å². The van der Waals surface area contributed by atoms with Crippen LogP contribution in [0.5, 0.6) is 0 Å². The van der Waals surface area contributed by atoms with Crippen molar-refractivity contribution in [2.45, 2.75) is 11.8 Å². The van der Waals surface area contributed by atoms with Gasteiger partial charge in [-0.15, -0.1) is 0 Å². The summed E-state index contributed by atoms with van der Waals surface area (Å²) in [6.07, 6.45) is 0. The normalized spacial score (nSPS) is 19.3. The van der Waals surface area contributed by atoms with Gasteiger partial charge < -0.3 is 14.7 Å². The maximum absolute atomic E-state index is 13.0. The molecule has 162 valence electrons. The van der Waals surface area contributed by atoms with Crippen LogP contribution < -0.4 is 9.80 Å². The van der Waals surface area contributed by atoms with Crippen LogP contribution in [0.2, 0.25) is 0 Å². The highest BCUT2D eigenvalue weighted by Gasteiger charge is 2.29. The first kappa shape index (κ1) is 21.7. The molecule has 2 aliphatic rings. The number of likely N-dealkylation sites (N-methyl/N-ethyl adjacent to an activating group) is 1. The topological polar surface area (TPSA) is 72.9 Å². The summed E-state index contributed by atoms with van der Waals surface area (Å²) < 4.78 is 28.5. The summed E-state index contributed by atoms with van der Waals surface area (Å²) >= 11 is 2.18. The van der Waals surface area contributed by atoms with Gasteiger partial charge in [0, 0.05) is 62.0 Å². The standard InChI is InChI=1S/C20H27IN6O2S/c1-16-22-19(25-9-7-24(2)8-10-25)15-20(23-16)26-11-13-27(14-12-26)30(28,29)18-5-3-17(21)4-6-18/h3-6,15H,7-14H2,1-2H3. The van der Waals surface area contributed by atoms with E-state index in [2.05, 4.69) is 54.3 Å². The van der Waals surface area contributed by atoms with E-state index >= 15 is 0 Å². The Kier molecular flexibility index (Phi) is 6.47. The van der Waals surface area contributed by atoms with Crippen molar-refractivity contribution in [3.05, 3.63) is 39.7 Å². The second-order valence-corrected chi connectivity index (χ2v) is 11.0. The van der Waals surface area contributed by atoms with Crippen LogP contribution in [0.15, 0.2) is 35.2 Å². The van der Waals surface area contributed by atoms with Gasteiger partial charge in [0.2, 0.25) is 10.0 Å². The molecule has 2 aliphatic heterocycles. The van der Waals surface area contributed by atoms with Crippen molar-refractivity contribution in [1.82, 2.24) is 19.2 Å². The van der Waals surface area contributed by atoms with E-state index in [-0.39, 0.29) is 0 Å². The summed E-state index contributed by atoms with van der Waals surface area (Å²) in [5, 5.41) is 0. The summed E-state index contributed by atoms with van der Waals surface area (Å²) in [6.45, 7) is 7.98. The first-order valence-corrected chi connectivity index (χ1v) is 12.6. The summed E-state index contributed by atoms with van der Waals surface area (Å²) in [7, 11) is -1.33. The van der Waals surface area contributed by atoms with Crippen molar-refractivity contribution in [1.29, 1.82) is 0 Å². The lowest BCUT2D eigenvalue weighted by atomic mass is 10.3. The quantitative estimate of drug-likeness (QED) is 0.545. The van der Waals surface area contributed by atoms with E-state index in [0.29, 0.717) is 31.1 Å². The molecular formula is C20H27IN6O2S. The van der Waals surface area contributed by atoms with Crippen molar-refractivity contribution >= 4 is 44.2 Å². The molecule has 1 aromatic carbocycles. The van der Waals surface area contributed by atoms with E-state index in [9.17, 15) is 8.42 Å². The molecule has 0 aliphatic carbocycles. The fraction of sp³-hybridized carbons (Fsp3) is 0.500. The number of anilines is 2. The number of halogens is 1. The third kappa shape index (κ3) is 4.71. The van der Waals surface area contributed by atoms with Crippen molar-refractivity contribution in [3.8, 4) is 0 Å². The molecule has 2 saturated heterocycles. The SMILES string of the molecule is Cc1nc(N2CCN(C)CC2)cc(N2CCN(S(=O)(=O)c3ccc(I)cc3)CC2)n1. The molecule has 0 radical (unpaired) electrons. The third-order valence-electron chi connectivity index (χ3n) is 5.65. The minimum atomic E-state index is -3.47. The zero-order valence-electron chi connectivity index (χ0n) is 17.3. The van der Waals surface area contributed by atoms with Gasteiger partial charge in [0.05, 0.1) is 4.90 Å². The van der Waals surface area contributed by atoms with Gasteiger partial charge >= 0.3 is 0 Å². The average molecular weight is 542 g/mol. The second-order valence-electron chi connectivity index (χ2n) is 7.77. The van der Waals surface area contributed by atoms with Crippen LogP contribution in [0, 0.1) is 10.5 Å². The number of benzene rings is 1. The number of piperazine rings is 2. The molecule has 0 amide bonds. The first-order chi connectivity index (χ1) is 14.3. The number of hydrogen-bond acceptors (Lipinski definition) is 7.